The number of nitrogens with zero attached hydrogens (tertiary/aromatic N) is 1. The second-order valence-corrected chi connectivity index (χ2v) is 5.56. The van der Waals surface area contributed by atoms with E-state index in [2.05, 4.69) is 15.9 Å². The summed E-state index contributed by atoms with van der Waals surface area (Å²) in [7, 11) is 0. The first-order valence-corrected chi connectivity index (χ1v) is 6.98. The highest BCUT2D eigenvalue weighted by molar-refractivity contribution is 9.09. The third-order valence-corrected chi connectivity index (χ3v) is 4.13. The Bertz CT molecular complexity index is 432. The molecule has 4 nitrogen and oxygen atoms in total. The minimum atomic E-state index is -0.393. The van der Waals surface area contributed by atoms with Crippen molar-refractivity contribution in [2.75, 3.05) is 11.9 Å². The van der Waals surface area contributed by atoms with Crippen molar-refractivity contribution in [3.05, 3.63) is 33.9 Å². The molecule has 1 aromatic rings. The Morgan fingerprint density at radius 2 is 2.11 bits per heavy atom. The summed E-state index contributed by atoms with van der Waals surface area (Å²) in [6.07, 6.45) is 0.772. The molecule has 0 aliphatic heterocycles. The highest BCUT2D eigenvalue weighted by Gasteiger charge is 2.21. The third-order valence-electron chi connectivity index (χ3n) is 2.61. The summed E-state index contributed by atoms with van der Waals surface area (Å²) in [5.74, 6) is 0.339. The lowest BCUT2D eigenvalue weighted by molar-refractivity contribution is -0.386. The predicted molar refractivity (Wildman–Crippen MR) is 75.5 cm³/mol. The van der Waals surface area contributed by atoms with Gasteiger partial charge in [-0.25, -0.2) is 0 Å². The standard InChI is InChI=1S/C13H18BrNO3/c1-4-10-5-6-12(11(7-10)15(16)17)18-9-13(2,3)8-14/h5-7H,4,8-9H2,1-3H3. The molecular formula is C13H18BrNO3. The van der Waals surface area contributed by atoms with E-state index in [4.69, 9.17) is 4.74 Å². The van der Waals surface area contributed by atoms with Crippen molar-refractivity contribution in [3.8, 4) is 5.75 Å². The van der Waals surface area contributed by atoms with Gasteiger partial charge in [0, 0.05) is 16.8 Å². The number of hydrogen-bond donors (Lipinski definition) is 0. The monoisotopic (exact) mass is 315 g/mol. The fourth-order valence-electron chi connectivity index (χ4n) is 1.36. The van der Waals surface area contributed by atoms with Crippen molar-refractivity contribution < 1.29 is 9.66 Å². The Balaban J connectivity index is 2.91. The van der Waals surface area contributed by atoms with Gasteiger partial charge < -0.3 is 4.74 Å². The topological polar surface area (TPSA) is 52.4 Å². The van der Waals surface area contributed by atoms with E-state index in [1.54, 1.807) is 12.1 Å². The van der Waals surface area contributed by atoms with Crippen LogP contribution in [-0.2, 0) is 6.42 Å². The molecule has 0 saturated carbocycles. The van der Waals surface area contributed by atoms with E-state index in [1.807, 2.05) is 26.8 Å². The molecule has 0 aliphatic carbocycles. The number of aryl methyl sites for hydroxylation is 1. The molecule has 0 amide bonds. The Hall–Kier alpha value is -1.10. The molecule has 0 bridgehead atoms. The van der Waals surface area contributed by atoms with E-state index in [0.29, 0.717) is 12.4 Å². The van der Waals surface area contributed by atoms with Crippen molar-refractivity contribution in [3.63, 3.8) is 0 Å². The van der Waals surface area contributed by atoms with Crippen molar-refractivity contribution in [2.45, 2.75) is 27.2 Å². The quantitative estimate of drug-likeness (QED) is 0.453. The van der Waals surface area contributed by atoms with Crippen LogP contribution >= 0.6 is 15.9 Å². The minimum absolute atomic E-state index is 0.0414. The van der Waals surface area contributed by atoms with Crippen LogP contribution in [-0.4, -0.2) is 16.9 Å². The van der Waals surface area contributed by atoms with Gasteiger partial charge in [-0.2, -0.15) is 0 Å². The maximum absolute atomic E-state index is 11.0. The van der Waals surface area contributed by atoms with Crippen molar-refractivity contribution >= 4 is 21.6 Å². The first kappa shape index (κ1) is 15.0. The molecule has 0 heterocycles. The maximum Gasteiger partial charge on any atom is 0.311 e. The summed E-state index contributed by atoms with van der Waals surface area (Å²) in [6.45, 7) is 6.47. The van der Waals surface area contributed by atoms with E-state index in [9.17, 15) is 10.1 Å². The van der Waals surface area contributed by atoms with Gasteiger partial charge in [0.05, 0.1) is 11.5 Å². The zero-order valence-corrected chi connectivity index (χ0v) is 12.5. The summed E-state index contributed by atoms with van der Waals surface area (Å²) in [5, 5.41) is 11.8. The number of alkyl halides is 1. The number of hydrogen-bond acceptors (Lipinski definition) is 3. The second-order valence-electron chi connectivity index (χ2n) is 5.00. The number of halogens is 1. The number of ether oxygens (including phenoxy) is 1. The SMILES string of the molecule is CCc1ccc(OCC(C)(C)CBr)c([N+](=O)[O-])c1. The van der Waals surface area contributed by atoms with E-state index < -0.39 is 4.92 Å². The van der Waals surface area contributed by atoms with E-state index in [1.165, 1.54) is 0 Å². The molecule has 0 unspecified atom stereocenters. The van der Waals surface area contributed by atoms with Gasteiger partial charge in [-0.15, -0.1) is 0 Å². The lowest BCUT2D eigenvalue weighted by Gasteiger charge is -2.21. The van der Waals surface area contributed by atoms with E-state index >= 15 is 0 Å². The van der Waals surface area contributed by atoms with Crippen LogP contribution in [0.15, 0.2) is 18.2 Å². The fraction of sp³-hybridized carbons (Fsp3) is 0.538. The molecule has 100 valence electrons. The lowest BCUT2D eigenvalue weighted by atomic mass is 9.98. The molecule has 0 spiro atoms. The second kappa shape index (κ2) is 6.18. The highest BCUT2D eigenvalue weighted by atomic mass is 79.9. The average molecular weight is 316 g/mol. The summed E-state index contributed by atoms with van der Waals surface area (Å²) in [4.78, 5) is 10.6. The van der Waals surface area contributed by atoms with Crippen LogP contribution in [0.4, 0.5) is 5.69 Å². The van der Waals surface area contributed by atoms with Crippen LogP contribution in [0.5, 0.6) is 5.75 Å². The number of benzene rings is 1. The van der Waals surface area contributed by atoms with Crippen LogP contribution in [0.1, 0.15) is 26.3 Å². The van der Waals surface area contributed by atoms with Gasteiger partial charge in [0.15, 0.2) is 5.75 Å². The number of nitro benzene ring substituents is 1. The van der Waals surface area contributed by atoms with Gasteiger partial charge in [-0.05, 0) is 18.1 Å². The first-order valence-electron chi connectivity index (χ1n) is 5.85. The fourth-order valence-corrected chi connectivity index (χ4v) is 1.52. The predicted octanol–water partition coefficient (Wildman–Crippen LogP) is 3.96. The molecule has 0 aliphatic rings. The number of rotatable bonds is 6. The Morgan fingerprint density at radius 3 is 2.61 bits per heavy atom. The van der Waals surface area contributed by atoms with Crippen molar-refractivity contribution in [2.24, 2.45) is 5.41 Å². The Morgan fingerprint density at radius 1 is 1.44 bits per heavy atom. The molecule has 0 aromatic heterocycles. The van der Waals surface area contributed by atoms with Gasteiger partial charge >= 0.3 is 5.69 Å². The van der Waals surface area contributed by atoms with Crippen LogP contribution in [0.2, 0.25) is 0 Å². The Labute approximate surface area is 116 Å². The zero-order chi connectivity index (χ0) is 13.8. The molecule has 0 fully saturated rings. The zero-order valence-electron chi connectivity index (χ0n) is 10.9. The van der Waals surface area contributed by atoms with E-state index in [0.717, 1.165) is 17.3 Å². The van der Waals surface area contributed by atoms with Gasteiger partial charge in [-0.1, -0.05) is 42.8 Å². The average Bonchev–Trinajstić information content (AvgIpc) is 2.36. The summed E-state index contributed by atoms with van der Waals surface area (Å²) in [5.41, 5.74) is 0.922. The normalized spacial score (nSPS) is 11.3. The summed E-state index contributed by atoms with van der Waals surface area (Å²) >= 11 is 3.40. The molecule has 5 heteroatoms. The van der Waals surface area contributed by atoms with Crippen molar-refractivity contribution in [1.82, 2.24) is 0 Å². The van der Waals surface area contributed by atoms with Gasteiger partial charge in [0.2, 0.25) is 0 Å². The summed E-state index contributed by atoms with van der Waals surface area (Å²) in [6, 6.07) is 5.13. The Kier molecular flexibility index (Phi) is 5.14. The molecule has 0 N–H and O–H groups in total. The van der Waals surface area contributed by atoms with Crippen LogP contribution in [0.25, 0.3) is 0 Å². The highest BCUT2D eigenvalue weighted by Crippen LogP contribution is 2.30. The minimum Gasteiger partial charge on any atom is -0.486 e. The molecule has 1 rings (SSSR count). The molecule has 0 saturated heterocycles. The smallest absolute Gasteiger partial charge is 0.311 e. The lowest BCUT2D eigenvalue weighted by Crippen LogP contribution is -2.23. The van der Waals surface area contributed by atoms with E-state index in [-0.39, 0.29) is 11.1 Å². The van der Waals surface area contributed by atoms with Gasteiger partial charge in [-0.3, -0.25) is 10.1 Å². The van der Waals surface area contributed by atoms with Crippen LogP contribution in [0, 0.1) is 15.5 Å². The van der Waals surface area contributed by atoms with Gasteiger partial charge in [0.25, 0.3) is 0 Å². The molecular weight excluding hydrogens is 298 g/mol. The molecule has 0 radical (unpaired) electrons. The first-order chi connectivity index (χ1) is 8.39. The third kappa shape index (κ3) is 3.98. The number of nitro groups is 1. The van der Waals surface area contributed by atoms with Crippen LogP contribution in [0.3, 0.4) is 0 Å². The largest absolute Gasteiger partial charge is 0.486 e. The maximum atomic E-state index is 11.0. The summed E-state index contributed by atoms with van der Waals surface area (Å²) < 4.78 is 5.58. The van der Waals surface area contributed by atoms with Crippen molar-refractivity contribution in [1.29, 1.82) is 0 Å². The molecule has 18 heavy (non-hydrogen) atoms. The van der Waals surface area contributed by atoms with Gasteiger partial charge in [0.1, 0.15) is 0 Å². The molecule has 0 atom stereocenters. The van der Waals surface area contributed by atoms with Crippen LogP contribution < -0.4 is 4.74 Å². The molecule has 1 aromatic carbocycles.